The molecule has 4 heterocycles. The Bertz CT molecular complexity index is 1200. The highest BCUT2D eigenvalue weighted by Crippen LogP contribution is 2.40. The molecule has 3 aliphatic rings. The van der Waals surface area contributed by atoms with Crippen LogP contribution in [0.4, 0.5) is 11.6 Å². The summed E-state index contributed by atoms with van der Waals surface area (Å²) in [5.41, 5.74) is 4.41. The molecule has 37 heavy (non-hydrogen) atoms. The Hall–Kier alpha value is -2.90. The Labute approximate surface area is 221 Å². The van der Waals surface area contributed by atoms with Crippen LogP contribution < -0.4 is 9.91 Å². The van der Waals surface area contributed by atoms with Crippen molar-refractivity contribution in [3.05, 3.63) is 60.0 Å². The first kappa shape index (κ1) is 25.7. The summed E-state index contributed by atoms with van der Waals surface area (Å²) >= 11 is 0. The molecule has 198 valence electrons. The summed E-state index contributed by atoms with van der Waals surface area (Å²) in [5, 5.41) is 9.74. The van der Waals surface area contributed by atoms with Crippen LogP contribution in [0.25, 0.3) is 11.2 Å². The van der Waals surface area contributed by atoms with Gasteiger partial charge in [0.2, 0.25) is 0 Å². The molecule has 0 N–H and O–H groups in total. The molecular formula is C30H42N6O. The van der Waals surface area contributed by atoms with E-state index in [2.05, 4.69) is 84.5 Å². The van der Waals surface area contributed by atoms with Gasteiger partial charge in [0.1, 0.15) is 5.82 Å². The van der Waals surface area contributed by atoms with Crippen molar-refractivity contribution in [2.24, 2.45) is 5.92 Å². The van der Waals surface area contributed by atoms with E-state index < -0.39 is 0 Å². The van der Waals surface area contributed by atoms with Crippen molar-refractivity contribution in [2.75, 3.05) is 43.3 Å². The number of rotatable bonds is 10. The average Bonchev–Trinajstić information content (AvgIpc) is 3.55. The minimum atomic E-state index is 0.465. The number of anilines is 2. The fourth-order valence-electron chi connectivity index (χ4n) is 5.38. The van der Waals surface area contributed by atoms with Gasteiger partial charge in [0.05, 0.1) is 24.9 Å². The van der Waals surface area contributed by atoms with E-state index >= 15 is 0 Å². The lowest BCUT2D eigenvalue weighted by atomic mass is 9.99. The molecule has 0 amide bonds. The fourth-order valence-corrected chi connectivity index (χ4v) is 5.38. The van der Waals surface area contributed by atoms with E-state index in [1.165, 1.54) is 31.3 Å². The van der Waals surface area contributed by atoms with Crippen molar-refractivity contribution in [2.45, 2.75) is 65.3 Å². The van der Waals surface area contributed by atoms with Crippen LogP contribution in [-0.2, 0) is 4.74 Å². The SMILES string of the molecule is C\C=C/C(=C\C=C\CC)c1cc2nc(N3C=C(CCC)C(CC4CC4)N3C)cc(N3CCOCC3)n2n1. The van der Waals surface area contributed by atoms with E-state index in [0.29, 0.717) is 6.04 Å². The highest BCUT2D eigenvalue weighted by atomic mass is 16.5. The first-order chi connectivity index (χ1) is 18.1. The molecule has 1 saturated heterocycles. The zero-order valence-electron chi connectivity index (χ0n) is 22.9. The molecule has 1 unspecified atom stereocenters. The molecule has 7 nitrogen and oxygen atoms in total. The van der Waals surface area contributed by atoms with E-state index in [1.807, 2.05) is 11.4 Å². The second-order valence-electron chi connectivity index (χ2n) is 10.4. The van der Waals surface area contributed by atoms with Crippen LogP contribution in [0, 0.1) is 5.92 Å². The lowest BCUT2D eigenvalue weighted by Gasteiger charge is -2.32. The summed E-state index contributed by atoms with van der Waals surface area (Å²) < 4.78 is 7.68. The van der Waals surface area contributed by atoms with Gasteiger partial charge in [0.15, 0.2) is 11.5 Å². The summed E-state index contributed by atoms with van der Waals surface area (Å²) in [6, 6.07) is 4.79. The maximum Gasteiger partial charge on any atom is 0.160 e. The van der Waals surface area contributed by atoms with E-state index in [1.54, 1.807) is 0 Å². The summed E-state index contributed by atoms with van der Waals surface area (Å²) in [5.74, 6) is 2.91. The molecule has 7 heteroatoms. The highest BCUT2D eigenvalue weighted by Gasteiger charge is 2.36. The number of ether oxygens (including phenoxy) is 1. The zero-order chi connectivity index (χ0) is 25.8. The van der Waals surface area contributed by atoms with E-state index in [9.17, 15) is 0 Å². The number of hydrogen-bond donors (Lipinski definition) is 0. The van der Waals surface area contributed by atoms with Crippen LogP contribution >= 0.6 is 0 Å². The van der Waals surface area contributed by atoms with Gasteiger partial charge in [-0.05, 0) is 37.7 Å². The smallest absolute Gasteiger partial charge is 0.160 e. The normalized spacial score (nSPS) is 21.8. The second kappa shape index (κ2) is 11.7. The standard InChI is InChI=1S/C30H42N6O/c1-5-8-9-12-24(10-6-2)26-20-29-31-28(21-30(36(29)32-26)34-15-17-37-18-16-34)35-22-25(11-7-3)27(33(35)4)19-23-13-14-23/h6,8-10,12,20-23,27H,5,7,11,13-19H2,1-4H3/b9-8+,10-6-,24-12+. The third-order valence-corrected chi connectivity index (χ3v) is 7.55. The van der Waals surface area contributed by atoms with Gasteiger partial charge in [-0.2, -0.15) is 9.61 Å². The number of morpholine rings is 1. The van der Waals surface area contributed by atoms with Gasteiger partial charge < -0.3 is 9.64 Å². The van der Waals surface area contributed by atoms with Gasteiger partial charge in [-0.15, -0.1) is 0 Å². The van der Waals surface area contributed by atoms with Crippen molar-refractivity contribution in [3.63, 3.8) is 0 Å². The third kappa shape index (κ3) is 5.68. The molecule has 1 aliphatic carbocycles. The zero-order valence-corrected chi connectivity index (χ0v) is 22.9. The van der Waals surface area contributed by atoms with Crippen molar-refractivity contribution in [1.29, 1.82) is 0 Å². The molecule has 0 spiro atoms. The van der Waals surface area contributed by atoms with E-state index in [-0.39, 0.29) is 0 Å². The minimum Gasteiger partial charge on any atom is -0.378 e. The number of allylic oxidation sites excluding steroid dienone is 6. The third-order valence-electron chi connectivity index (χ3n) is 7.55. The molecule has 1 saturated carbocycles. The Morgan fingerprint density at radius 2 is 1.97 bits per heavy atom. The summed E-state index contributed by atoms with van der Waals surface area (Å²) in [6.07, 6.45) is 20.3. The molecule has 0 aromatic carbocycles. The van der Waals surface area contributed by atoms with Crippen LogP contribution in [0.3, 0.4) is 0 Å². The molecule has 2 aromatic rings. The van der Waals surface area contributed by atoms with Crippen LogP contribution in [0.5, 0.6) is 0 Å². The lowest BCUT2D eigenvalue weighted by molar-refractivity contribution is 0.122. The van der Waals surface area contributed by atoms with Gasteiger partial charge in [-0.1, -0.05) is 63.5 Å². The molecule has 1 atom stereocenters. The lowest BCUT2D eigenvalue weighted by Crippen LogP contribution is -2.40. The number of aromatic nitrogens is 3. The van der Waals surface area contributed by atoms with Gasteiger partial charge in [-0.3, -0.25) is 5.01 Å². The quantitative estimate of drug-likeness (QED) is 0.371. The number of hydrogen-bond acceptors (Lipinski definition) is 6. The van der Waals surface area contributed by atoms with Crippen molar-refractivity contribution in [3.8, 4) is 0 Å². The Morgan fingerprint density at radius 3 is 2.68 bits per heavy atom. The monoisotopic (exact) mass is 502 g/mol. The molecule has 2 fully saturated rings. The predicted molar refractivity (Wildman–Crippen MR) is 153 cm³/mol. The van der Waals surface area contributed by atoms with E-state index in [0.717, 1.165) is 73.6 Å². The van der Waals surface area contributed by atoms with Crippen molar-refractivity contribution < 1.29 is 4.74 Å². The maximum atomic E-state index is 5.67. The van der Waals surface area contributed by atoms with Gasteiger partial charge >= 0.3 is 0 Å². The highest BCUT2D eigenvalue weighted by molar-refractivity contribution is 5.76. The summed E-state index contributed by atoms with van der Waals surface area (Å²) in [4.78, 5) is 7.54. The maximum absolute atomic E-state index is 5.67. The topological polar surface area (TPSA) is 49.1 Å². The van der Waals surface area contributed by atoms with Crippen LogP contribution in [0.2, 0.25) is 0 Å². The van der Waals surface area contributed by atoms with Crippen molar-refractivity contribution in [1.82, 2.24) is 19.6 Å². The second-order valence-corrected chi connectivity index (χ2v) is 10.4. The summed E-state index contributed by atoms with van der Waals surface area (Å²) in [7, 11) is 2.22. The van der Waals surface area contributed by atoms with Crippen LogP contribution in [0.1, 0.15) is 65.0 Å². The van der Waals surface area contributed by atoms with Crippen LogP contribution in [-0.4, -0.2) is 59.0 Å². The molecule has 0 radical (unpaired) electrons. The number of nitrogens with zero attached hydrogens (tertiary/aromatic N) is 6. The number of likely N-dealkylation sites (N-methyl/N-ethyl adjacent to an activating group) is 1. The van der Waals surface area contributed by atoms with Crippen LogP contribution in [0.15, 0.2) is 54.3 Å². The molecule has 0 bridgehead atoms. The number of hydrazine groups is 1. The summed E-state index contributed by atoms with van der Waals surface area (Å²) in [6.45, 7) is 9.62. The van der Waals surface area contributed by atoms with Gasteiger partial charge in [0.25, 0.3) is 0 Å². The predicted octanol–water partition coefficient (Wildman–Crippen LogP) is 6.01. The Morgan fingerprint density at radius 1 is 1.16 bits per heavy atom. The van der Waals surface area contributed by atoms with Gasteiger partial charge in [0, 0.05) is 44.0 Å². The number of fused-ring (bicyclic) bond motifs is 1. The Kier molecular flexibility index (Phi) is 8.11. The average molecular weight is 503 g/mol. The largest absolute Gasteiger partial charge is 0.378 e. The molecular weight excluding hydrogens is 460 g/mol. The minimum absolute atomic E-state index is 0.465. The Balaban J connectivity index is 1.57. The molecule has 5 rings (SSSR count). The van der Waals surface area contributed by atoms with E-state index in [4.69, 9.17) is 14.8 Å². The first-order valence-corrected chi connectivity index (χ1v) is 14.1. The van der Waals surface area contributed by atoms with Crippen molar-refractivity contribution >= 4 is 22.9 Å². The molecule has 2 aromatic heterocycles. The first-order valence-electron chi connectivity index (χ1n) is 14.1. The fraction of sp³-hybridized carbons (Fsp3) is 0.533. The van der Waals surface area contributed by atoms with Gasteiger partial charge in [-0.25, -0.2) is 9.99 Å². The molecule has 2 aliphatic heterocycles.